The highest BCUT2D eigenvalue weighted by atomic mass is 17.2. The summed E-state index contributed by atoms with van der Waals surface area (Å²) in [4.78, 5) is 14.9. The molecular formula is C12H15NO2. The Kier molecular flexibility index (Phi) is 3.14. The first-order valence-corrected chi connectivity index (χ1v) is 5.20. The van der Waals surface area contributed by atoms with Crippen molar-refractivity contribution in [3.05, 3.63) is 42.7 Å². The van der Waals surface area contributed by atoms with E-state index in [4.69, 9.17) is 9.78 Å². The second-order valence-electron chi connectivity index (χ2n) is 3.71. The Bertz CT molecular complexity index is 318. The topological polar surface area (TPSA) is 31.4 Å². The van der Waals surface area contributed by atoms with Gasteiger partial charge in [-0.05, 0) is 25.0 Å². The van der Waals surface area contributed by atoms with Crippen molar-refractivity contribution >= 4 is 0 Å². The summed E-state index contributed by atoms with van der Waals surface area (Å²) >= 11 is 0. The highest BCUT2D eigenvalue weighted by Gasteiger charge is 2.37. The average Bonchev–Trinajstić information content (AvgIpc) is 2.32. The molecule has 1 aromatic rings. The normalized spacial score (nSPS) is 26.1. The highest BCUT2D eigenvalue weighted by Crippen LogP contribution is 2.36. The van der Waals surface area contributed by atoms with Crippen molar-refractivity contribution in [2.45, 2.75) is 24.9 Å². The summed E-state index contributed by atoms with van der Waals surface area (Å²) in [5.74, 6) is 0. The Labute approximate surface area is 89.7 Å². The Hall–Kier alpha value is -1.19. The molecule has 0 saturated carbocycles. The molecule has 1 saturated heterocycles. The summed E-state index contributed by atoms with van der Waals surface area (Å²) in [6, 6.07) is 5.83. The van der Waals surface area contributed by atoms with Gasteiger partial charge in [-0.3, -0.25) is 4.98 Å². The van der Waals surface area contributed by atoms with E-state index in [1.807, 2.05) is 24.3 Å². The van der Waals surface area contributed by atoms with Crippen LogP contribution in [-0.2, 0) is 15.4 Å². The molecule has 1 aromatic heterocycles. The molecule has 0 spiro atoms. The maximum absolute atomic E-state index is 5.46. The molecule has 0 N–H and O–H groups in total. The van der Waals surface area contributed by atoms with Gasteiger partial charge in [0, 0.05) is 12.6 Å². The smallest absolute Gasteiger partial charge is 0.149 e. The van der Waals surface area contributed by atoms with Crippen LogP contribution in [0.2, 0.25) is 0 Å². The quantitative estimate of drug-likeness (QED) is 0.561. The molecule has 1 unspecified atom stereocenters. The van der Waals surface area contributed by atoms with Crippen LogP contribution in [0.4, 0.5) is 0 Å². The maximum Gasteiger partial charge on any atom is 0.149 e. The third-order valence-electron chi connectivity index (χ3n) is 2.63. The van der Waals surface area contributed by atoms with Gasteiger partial charge < -0.3 is 0 Å². The van der Waals surface area contributed by atoms with Gasteiger partial charge >= 0.3 is 0 Å². The van der Waals surface area contributed by atoms with Gasteiger partial charge in [0.25, 0.3) is 0 Å². The number of aromatic nitrogens is 1. The van der Waals surface area contributed by atoms with Gasteiger partial charge in [0.15, 0.2) is 0 Å². The molecule has 15 heavy (non-hydrogen) atoms. The highest BCUT2D eigenvalue weighted by molar-refractivity contribution is 5.15. The molecule has 2 heterocycles. The Morgan fingerprint density at radius 3 is 3.07 bits per heavy atom. The van der Waals surface area contributed by atoms with Crippen LogP contribution in [0.15, 0.2) is 37.1 Å². The Morgan fingerprint density at radius 1 is 1.53 bits per heavy atom. The minimum atomic E-state index is -0.429. The third-order valence-corrected chi connectivity index (χ3v) is 2.63. The maximum atomic E-state index is 5.46. The molecule has 3 heteroatoms. The van der Waals surface area contributed by atoms with Crippen LogP contribution in [0.25, 0.3) is 0 Å². The molecule has 0 aliphatic carbocycles. The van der Waals surface area contributed by atoms with Gasteiger partial charge in [0.05, 0.1) is 12.3 Å². The number of hydrogen-bond acceptors (Lipinski definition) is 3. The van der Waals surface area contributed by atoms with Crippen LogP contribution >= 0.6 is 0 Å². The van der Waals surface area contributed by atoms with E-state index >= 15 is 0 Å². The van der Waals surface area contributed by atoms with E-state index in [-0.39, 0.29) is 0 Å². The summed E-state index contributed by atoms with van der Waals surface area (Å²) in [6.07, 6.45) is 6.27. The van der Waals surface area contributed by atoms with Crippen molar-refractivity contribution in [2.75, 3.05) is 6.61 Å². The number of hydrogen-bond donors (Lipinski definition) is 0. The zero-order valence-electron chi connectivity index (χ0n) is 8.69. The fourth-order valence-electron chi connectivity index (χ4n) is 1.89. The molecule has 1 aliphatic rings. The van der Waals surface area contributed by atoms with E-state index in [0.717, 1.165) is 25.0 Å². The minimum Gasteiger partial charge on any atom is -0.258 e. The first-order valence-electron chi connectivity index (χ1n) is 5.20. The molecular weight excluding hydrogens is 190 g/mol. The average molecular weight is 205 g/mol. The van der Waals surface area contributed by atoms with Crippen molar-refractivity contribution in [3.63, 3.8) is 0 Å². The van der Waals surface area contributed by atoms with Gasteiger partial charge in [-0.15, -0.1) is 6.58 Å². The first-order chi connectivity index (χ1) is 7.37. The molecule has 1 fully saturated rings. The molecule has 0 radical (unpaired) electrons. The minimum absolute atomic E-state index is 0.429. The van der Waals surface area contributed by atoms with Crippen molar-refractivity contribution in [1.29, 1.82) is 0 Å². The van der Waals surface area contributed by atoms with Crippen LogP contribution in [0.1, 0.15) is 25.0 Å². The second-order valence-corrected chi connectivity index (χ2v) is 3.71. The summed E-state index contributed by atoms with van der Waals surface area (Å²) in [7, 11) is 0. The predicted molar refractivity (Wildman–Crippen MR) is 57.0 cm³/mol. The molecule has 0 bridgehead atoms. The van der Waals surface area contributed by atoms with Gasteiger partial charge in [-0.25, -0.2) is 9.78 Å². The fourth-order valence-corrected chi connectivity index (χ4v) is 1.89. The molecule has 0 amide bonds. The fraction of sp³-hybridized carbons (Fsp3) is 0.417. The summed E-state index contributed by atoms with van der Waals surface area (Å²) < 4.78 is 0. The third kappa shape index (κ3) is 2.08. The molecule has 2 rings (SSSR count). The lowest BCUT2D eigenvalue weighted by Crippen LogP contribution is -2.34. The van der Waals surface area contributed by atoms with Gasteiger partial charge in [-0.1, -0.05) is 12.1 Å². The van der Waals surface area contributed by atoms with E-state index in [9.17, 15) is 0 Å². The van der Waals surface area contributed by atoms with E-state index in [2.05, 4.69) is 11.6 Å². The SMILES string of the molecule is C=CCC1(c2ccccn2)CCCOO1. The monoisotopic (exact) mass is 205 g/mol. The van der Waals surface area contributed by atoms with Crippen molar-refractivity contribution in [1.82, 2.24) is 4.98 Å². The van der Waals surface area contributed by atoms with Crippen LogP contribution in [0, 0.1) is 0 Å². The standard InChI is InChI=1S/C12H15NO2/c1-2-7-12(8-5-10-14-15-12)11-6-3-4-9-13-11/h2-4,6,9H,1,5,7-8,10H2. The number of pyridine rings is 1. The van der Waals surface area contributed by atoms with Crippen molar-refractivity contribution in [3.8, 4) is 0 Å². The first kappa shape index (κ1) is 10.3. The van der Waals surface area contributed by atoms with E-state index in [0.29, 0.717) is 6.61 Å². The van der Waals surface area contributed by atoms with E-state index in [1.165, 1.54) is 0 Å². The van der Waals surface area contributed by atoms with E-state index < -0.39 is 5.60 Å². The van der Waals surface area contributed by atoms with Crippen LogP contribution in [-0.4, -0.2) is 11.6 Å². The zero-order chi connectivity index (χ0) is 10.6. The lowest BCUT2D eigenvalue weighted by atomic mass is 9.89. The van der Waals surface area contributed by atoms with Crippen molar-refractivity contribution < 1.29 is 9.78 Å². The predicted octanol–water partition coefficient (Wildman–Crippen LogP) is 2.60. The number of nitrogens with zero attached hydrogens (tertiary/aromatic N) is 1. The van der Waals surface area contributed by atoms with Crippen LogP contribution in [0.5, 0.6) is 0 Å². The van der Waals surface area contributed by atoms with Gasteiger partial charge in [0.1, 0.15) is 5.60 Å². The van der Waals surface area contributed by atoms with Crippen LogP contribution < -0.4 is 0 Å². The lowest BCUT2D eigenvalue weighted by Gasteiger charge is -2.34. The zero-order valence-corrected chi connectivity index (χ0v) is 8.69. The molecule has 1 aliphatic heterocycles. The second kappa shape index (κ2) is 4.55. The molecule has 0 aromatic carbocycles. The van der Waals surface area contributed by atoms with E-state index in [1.54, 1.807) is 6.20 Å². The van der Waals surface area contributed by atoms with Crippen molar-refractivity contribution in [2.24, 2.45) is 0 Å². The van der Waals surface area contributed by atoms with Crippen LogP contribution in [0.3, 0.4) is 0 Å². The lowest BCUT2D eigenvalue weighted by molar-refractivity contribution is -0.390. The Morgan fingerprint density at radius 2 is 2.47 bits per heavy atom. The summed E-state index contributed by atoms with van der Waals surface area (Å²) in [6.45, 7) is 4.42. The Balaban J connectivity index is 2.29. The van der Waals surface area contributed by atoms with Gasteiger partial charge in [-0.2, -0.15) is 0 Å². The molecule has 80 valence electrons. The summed E-state index contributed by atoms with van der Waals surface area (Å²) in [5, 5.41) is 0. The molecule has 1 atom stereocenters. The molecule has 3 nitrogen and oxygen atoms in total. The number of rotatable bonds is 3. The largest absolute Gasteiger partial charge is 0.258 e. The summed E-state index contributed by atoms with van der Waals surface area (Å²) in [5.41, 5.74) is 0.492. The van der Waals surface area contributed by atoms with Gasteiger partial charge in [0.2, 0.25) is 0 Å².